The molecule has 0 aromatic carbocycles. The van der Waals surface area contributed by atoms with Crippen molar-refractivity contribution in [3.63, 3.8) is 0 Å². The summed E-state index contributed by atoms with van der Waals surface area (Å²) >= 11 is 1.40. The normalized spacial score (nSPS) is 18.2. The van der Waals surface area contributed by atoms with Gasteiger partial charge in [0.1, 0.15) is 5.82 Å². The first-order chi connectivity index (χ1) is 10.6. The minimum atomic E-state index is -0.265. The van der Waals surface area contributed by atoms with Crippen LogP contribution in [0.3, 0.4) is 0 Å². The number of hydrogen-bond acceptors (Lipinski definition) is 6. The lowest BCUT2D eigenvalue weighted by atomic mass is 10.1. The lowest BCUT2D eigenvalue weighted by molar-refractivity contribution is 0.615. The average molecular weight is 321 g/mol. The van der Waals surface area contributed by atoms with Gasteiger partial charge in [-0.15, -0.1) is 0 Å². The summed E-state index contributed by atoms with van der Waals surface area (Å²) in [5.41, 5.74) is 0. The summed E-state index contributed by atoms with van der Waals surface area (Å²) in [6, 6.07) is 3.31. The molecular weight excluding hydrogens is 301 g/mol. The van der Waals surface area contributed by atoms with Crippen LogP contribution in [0, 0.1) is 11.7 Å². The lowest BCUT2D eigenvalue weighted by Gasteiger charge is -2.17. The van der Waals surface area contributed by atoms with Crippen LogP contribution in [0.25, 0.3) is 0 Å². The first kappa shape index (κ1) is 15.1. The van der Waals surface area contributed by atoms with E-state index in [9.17, 15) is 4.39 Å². The average Bonchev–Trinajstić information content (AvgIpc) is 3.09. The molecule has 1 aliphatic heterocycles. The predicted octanol–water partition coefficient (Wildman–Crippen LogP) is 2.96. The van der Waals surface area contributed by atoms with E-state index < -0.39 is 0 Å². The predicted molar refractivity (Wildman–Crippen MR) is 86.9 cm³/mol. The molecule has 2 aromatic heterocycles. The fraction of sp³-hybridized carbons (Fsp3) is 0.533. The molecule has 7 heteroatoms. The van der Waals surface area contributed by atoms with Crippen molar-refractivity contribution in [2.24, 2.45) is 5.92 Å². The summed E-state index contributed by atoms with van der Waals surface area (Å²) in [5.74, 6) is 1.62. The van der Waals surface area contributed by atoms with E-state index >= 15 is 0 Å². The smallest absolute Gasteiger partial charge is 0.202 e. The fourth-order valence-electron chi connectivity index (χ4n) is 2.62. The summed E-state index contributed by atoms with van der Waals surface area (Å²) in [6.45, 7) is 5.84. The number of nitrogens with one attached hydrogen (secondary N) is 1. The van der Waals surface area contributed by atoms with Crippen LogP contribution in [-0.4, -0.2) is 33.5 Å². The van der Waals surface area contributed by atoms with E-state index in [1.165, 1.54) is 17.6 Å². The van der Waals surface area contributed by atoms with Crippen LogP contribution in [0.2, 0.25) is 0 Å². The van der Waals surface area contributed by atoms with Crippen molar-refractivity contribution >= 4 is 22.5 Å². The molecule has 1 unspecified atom stereocenters. The molecule has 0 bridgehead atoms. The van der Waals surface area contributed by atoms with Gasteiger partial charge < -0.3 is 10.2 Å². The van der Waals surface area contributed by atoms with E-state index in [0.717, 1.165) is 36.9 Å². The highest BCUT2D eigenvalue weighted by molar-refractivity contribution is 7.09. The standard InChI is InChI=1S/C15H20FN5S/c1-10(2)8-13-19-15(22-20-13)18-11-5-7-21(9-11)14-12(16)4-3-6-17-14/h3-4,6,10-11H,5,7-9H2,1-2H3,(H,18,19,20). The zero-order chi connectivity index (χ0) is 15.5. The van der Waals surface area contributed by atoms with Gasteiger partial charge in [0.15, 0.2) is 11.6 Å². The number of hydrogen-bond donors (Lipinski definition) is 1. The van der Waals surface area contributed by atoms with Crippen LogP contribution >= 0.6 is 11.5 Å². The van der Waals surface area contributed by atoms with E-state index in [4.69, 9.17) is 0 Å². The van der Waals surface area contributed by atoms with E-state index in [-0.39, 0.29) is 11.9 Å². The maximum atomic E-state index is 13.8. The van der Waals surface area contributed by atoms with Crippen molar-refractivity contribution < 1.29 is 4.39 Å². The number of pyridine rings is 1. The molecule has 3 rings (SSSR count). The van der Waals surface area contributed by atoms with Gasteiger partial charge in [-0.2, -0.15) is 4.37 Å². The highest BCUT2D eigenvalue weighted by Crippen LogP contribution is 2.23. The quantitative estimate of drug-likeness (QED) is 0.917. The number of nitrogens with zero attached hydrogens (tertiary/aromatic N) is 4. The van der Waals surface area contributed by atoms with Crippen LogP contribution in [-0.2, 0) is 6.42 Å². The van der Waals surface area contributed by atoms with Crippen molar-refractivity contribution in [3.05, 3.63) is 30.0 Å². The molecule has 1 atom stereocenters. The molecule has 0 spiro atoms. The Balaban J connectivity index is 1.59. The molecule has 0 radical (unpaired) electrons. The highest BCUT2D eigenvalue weighted by atomic mass is 32.1. The molecule has 1 saturated heterocycles. The summed E-state index contributed by atoms with van der Waals surface area (Å²) in [5, 5.41) is 4.26. The second-order valence-corrected chi connectivity index (χ2v) is 6.75. The van der Waals surface area contributed by atoms with Gasteiger partial charge in [-0.25, -0.2) is 14.4 Å². The second kappa shape index (κ2) is 6.56. The second-order valence-electron chi connectivity index (χ2n) is 6.00. The van der Waals surface area contributed by atoms with Crippen molar-refractivity contribution in [2.45, 2.75) is 32.7 Å². The van der Waals surface area contributed by atoms with Gasteiger partial charge >= 0.3 is 0 Å². The van der Waals surface area contributed by atoms with Crippen molar-refractivity contribution in [1.82, 2.24) is 14.3 Å². The molecule has 5 nitrogen and oxygen atoms in total. The Hall–Kier alpha value is -1.76. The van der Waals surface area contributed by atoms with Gasteiger partial charge in [0, 0.05) is 43.3 Å². The molecule has 0 amide bonds. The zero-order valence-corrected chi connectivity index (χ0v) is 13.6. The van der Waals surface area contributed by atoms with Crippen molar-refractivity contribution in [2.75, 3.05) is 23.3 Å². The van der Waals surface area contributed by atoms with Crippen molar-refractivity contribution in [3.8, 4) is 0 Å². The van der Waals surface area contributed by atoms with Gasteiger partial charge in [-0.05, 0) is 24.5 Å². The first-order valence-electron chi connectivity index (χ1n) is 7.56. The van der Waals surface area contributed by atoms with Crippen molar-refractivity contribution in [1.29, 1.82) is 0 Å². The topological polar surface area (TPSA) is 53.9 Å². The fourth-order valence-corrected chi connectivity index (χ4v) is 3.29. The third-order valence-electron chi connectivity index (χ3n) is 3.61. The highest BCUT2D eigenvalue weighted by Gasteiger charge is 2.26. The Bertz CT molecular complexity index is 630. The van der Waals surface area contributed by atoms with Gasteiger partial charge in [-0.1, -0.05) is 13.8 Å². The molecule has 118 valence electrons. The maximum absolute atomic E-state index is 13.8. The summed E-state index contributed by atoms with van der Waals surface area (Å²) in [6.07, 6.45) is 3.46. The third-order valence-corrected chi connectivity index (χ3v) is 4.30. The molecule has 0 saturated carbocycles. The lowest BCUT2D eigenvalue weighted by Crippen LogP contribution is -2.27. The van der Waals surface area contributed by atoms with Gasteiger partial charge in [0.2, 0.25) is 5.13 Å². The Morgan fingerprint density at radius 2 is 2.36 bits per heavy atom. The zero-order valence-electron chi connectivity index (χ0n) is 12.8. The van der Waals surface area contributed by atoms with Gasteiger partial charge in [0.25, 0.3) is 0 Å². The monoisotopic (exact) mass is 321 g/mol. The first-order valence-corrected chi connectivity index (χ1v) is 8.33. The van der Waals surface area contributed by atoms with E-state index in [2.05, 4.69) is 33.5 Å². The molecular formula is C15H20FN5S. The van der Waals surface area contributed by atoms with Crippen LogP contribution in [0.15, 0.2) is 18.3 Å². The number of anilines is 2. The molecule has 22 heavy (non-hydrogen) atoms. The summed E-state index contributed by atoms with van der Waals surface area (Å²) in [7, 11) is 0. The van der Waals surface area contributed by atoms with Crippen LogP contribution in [0.5, 0.6) is 0 Å². The van der Waals surface area contributed by atoms with Gasteiger partial charge in [-0.3, -0.25) is 0 Å². The summed E-state index contributed by atoms with van der Waals surface area (Å²) < 4.78 is 18.1. The summed E-state index contributed by atoms with van der Waals surface area (Å²) in [4.78, 5) is 10.6. The van der Waals surface area contributed by atoms with E-state index in [1.807, 2.05) is 4.90 Å². The Morgan fingerprint density at radius 3 is 3.14 bits per heavy atom. The largest absolute Gasteiger partial charge is 0.356 e. The molecule has 0 aliphatic carbocycles. The van der Waals surface area contributed by atoms with Crippen LogP contribution < -0.4 is 10.2 Å². The van der Waals surface area contributed by atoms with Crippen LogP contribution in [0.4, 0.5) is 15.3 Å². The minimum absolute atomic E-state index is 0.251. The van der Waals surface area contributed by atoms with E-state index in [1.54, 1.807) is 12.3 Å². The SMILES string of the molecule is CC(C)Cc1nsc(NC2CCN(c3ncccc3F)C2)n1. The molecule has 1 fully saturated rings. The molecule has 2 aromatic rings. The Morgan fingerprint density at radius 1 is 1.50 bits per heavy atom. The third kappa shape index (κ3) is 3.52. The maximum Gasteiger partial charge on any atom is 0.202 e. The molecule has 3 heterocycles. The Labute approximate surface area is 133 Å². The number of rotatable bonds is 5. The van der Waals surface area contributed by atoms with E-state index in [0.29, 0.717) is 11.7 Å². The van der Waals surface area contributed by atoms with Crippen LogP contribution in [0.1, 0.15) is 26.1 Å². The minimum Gasteiger partial charge on any atom is -0.356 e. The molecule has 1 N–H and O–H groups in total. The number of halogens is 1. The number of aromatic nitrogens is 3. The Kier molecular flexibility index (Phi) is 4.52. The van der Waals surface area contributed by atoms with Gasteiger partial charge in [0.05, 0.1) is 0 Å². The molecule has 1 aliphatic rings.